The van der Waals surface area contributed by atoms with E-state index in [-0.39, 0.29) is 5.91 Å². The molecule has 0 atom stereocenters. The van der Waals surface area contributed by atoms with Crippen LogP contribution in [-0.2, 0) is 0 Å². The SMILES string of the molecule is Cc1cc(C(=O)N2CCNCC2)nc(C)n1. The maximum absolute atomic E-state index is 12.1. The largest absolute Gasteiger partial charge is 0.335 e. The molecule has 2 heterocycles. The molecule has 0 aliphatic carbocycles. The second-order valence-corrected chi connectivity index (χ2v) is 3.98. The van der Waals surface area contributed by atoms with Crippen molar-refractivity contribution >= 4 is 5.91 Å². The van der Waals surface area contributed by atoms with Gasteiger partial charge in [0.15, 0.2) is 0 Å². The monoisotopic (exact) mass is 220 g/mol. The number of piperazine rings is 1. The van der Waals surface area contributed by atoms with E-state index in [1.807, 2.05) is 18.7 Å². The fourth-order valence-corrected chi connectivity index (χ4v) is 1.86. The topological polar surface area (TPSA) is 58.1 Å². The van der Waals surface area contributed by atoms with Crippen molar-refractivity contribution in [2.24, 2.45) is 0 Å². The molecule has 5 heteroatoms. The van der Waals surface area contributed by atoms with E-state index in [0.29, 0.717) is 11.5 Å². The molecule has 16 heavy (non-hydrogen) atoms. The summed E-state index contributed by atoms with van der Waals surface area (Å²) in [6.07, 6.45) is 0. The molecule has 1 aromatic rings. The molecule has 0 saturated carbocycles. The van der Waals surface area contributed by atoms with Gasteiger partial charge in [-0.05, 0) is 19.9 Å². The van der Waals surface area contributed by atoms with Gasteiger partial charge in [0.25, 0.3) is 5.91 Å². The number of nitrogens with zero attached hydrogens (tertiary/aromatic N) is 3. The molecular formula is C11H16N4O. The lowest BCUT2D eigenvalue weighted by Crippen LogP contribution is -2.46. The third-order valence-corrected chi connectivity index (χ3v) is 2.59. The maximum Gasteiger partial charge on any atom is 0.272 e. The molecule has 1 aliphatic rings. The molecule has 0 unspecified atom stereocenters. The predicted octanol–water partition coefficient (Wildman–Crippen LogP) is 0.139. The summed E-state index contributed by atoms with van der Waals surface area (Å²) in [5, 5.41) is 3.22. The van der Waals surface area contributed by atoms with Crippen molar-refractivity contribution in [3.8, 4) is 0 Å². The summed E-state index contributed by atoms with van der Waals surface area (Å²) in [5.41, 5.74) is 1.35. The van der Waals surface area contributed by atoms with E-state index in [0.717, 1.165) is 31.9 Å². The van der Waals surface area contributed by atoms with E-state index >= 15 is 0 Å². The number of hydrogen-bond acceptors (Lipinski definition) is 4. The van der Waals surface area contributed by atoms with Crippen molar-refractivity contribution in [3.63, 3.8) is 0 Å². The van der Waals surface area contributed by atoms with Gasteiger partial charge in [0.05, 0.1) is 0 Å². The molecule has 1 saturated heterocycles. The average Bonchev–Trinajstić information content (AvgIpc) is 2.28. The van der Waals surface area contributed by atoms with E-state index in [2.05, 4.69) is 15.3 Å². The molecule has 0 aromatic carbocycles. The van der Waals surface area contributed by atoms with Gasteiger partial charge in [-0.25, -0.2) is 9.97 Å². The molecule has 5 nitrogen and oxygen atoms in total. The van der Waals surface area contributed by atoms with E-state index in [1.165, 1.54) is 0 Å². The number of rotatable bonds is 1. The normalized spacial score (nSPS) is 16.2. The highest BCUT2D eigenvalue weighted by molar-refractivity contribution is 5.92. The van der Waals surface area contributed by atoms with Crippen molar-refractivity contribution in [2.75, 3.05) is 26.2 Å². The summed E-state index contributed by atoms with van der Waals surface area (Å²) in [6, 6.07) is 1.75. The quantitative estimate of drug-likeness (QED) is 0.731. The van der Waals surface area contributed by atoms with Crippen molar-refractivity contribution in [2.45, 2.75) is 13.8 Å². The number of hydrogen-bond donors (Lipinski definition) is 1. The molecular weight excluding hydrogens is 204 g/mol. The Bertz CT molecular complexity index is 379. The first-order valence-corrected chi connectivity index (χ1v) is 5.49. The molecule has 0 bridgehead atoms. The number of nitrogens with one attached hydrogen (secondary N) is 1. The van der Waals surface area contributed by atoms with Crippen LogP contribution in [0, 0.1) is 13.8 Å². The standard InChI is InChI=1S/C11H16N4O/c1-8-7-10(14-9(2)13-8)11(16)15-5-3-12-4-6-15/h7,12H,3-6H2,1-2H3. The lowest BCUT2D eigenvalue weighted by molar-refractivity contribution is 0.0729. The van der Waals surface area contributed by atoms with Crippen molar-refractivity contribution < 1.29 is 4.79 Å². The van der Waals surface area contributed by atoms with E-state index in [4.69, 9.17) is 0 Å². The summed E-state index contributed by atoms with van der Waals surface area (Å²) < 4.78 is 0. The maximum atomic E-state index is 12.1. The number of amides is 1. The third kappa shape index (κ3) is 2.36. The Morgan fingerprint density at radius 2 is 2.00 bits per heavy atom. The van der Waals surface area contributed by atoms with E-state index < -0.39 is 0 Å². The number of aryl methyl sites for hydroxylation is 2. The number of aromatic nitrogens is 2. The fourth-order valence-electron chi connectivity index (χ4n) is 1.86. The van der Waals surface area contributed by atoms with Crippen molar-refractivity contribution in [3.05, 3.63) is 23.3 Å². The lowest BCUT2D eigenvalue weighted by atomic mass is 10.2. The molecule has 1 amide bonds. The lowest BCUT2D eigenvalue weighted by Gasteiger charge is -2.27. The minimum atomic E-state index is 0.00935. The summed E-state index contributed by atoms with van der Waals surface area (Å²) in [7, 11) is 0. The summed E-state index contributed by atoms with van der Waals surface area (Å²) in [6.45, 7) is 6.90. The van der Waals surface area contributed by atoms with Gasteiger partial charge in [0.1, 0.15) is 11.5 Å². The Labute approximate surface area is 94.9 Å². The van der Waals surface area contributed by atoms with Crippen LogP contribution in [-0.4, -0.2) is 47.0 Å². The first kappa shape index (κ1) is 11.0. The molecule has 1 aromatic heterocycles. The van der Waals surface area contributed by atoms with Crippen LogP contribution < -0.4 is 5.32 Å². The van der Waals surface area contributed by atoms with Gasteiger partial charge in [0.2, 0.25) is 0 Å². The summed E-state index contributed by atoms with van der Waals surface area (Å²) in [4.78, 5) is 22.3. The van der Waals surface area contributed by atoms with Gasteiger partial charge in [0, 0.05) is 31.9 Å². The van der Waals surface area contributed by atoms with Crippen LogP contribution in [0.3, 0.4) is 0 Å². The van der Waals surface area contributed by atoms with Crippen molar-refractivity contribution in [1.82, 2.24) is 20.2 Å². The Kier molecular flexibility index (Phi) is 3.14. The van der Waals surface area contributed by atoms with Crippen LogP contribution in [0.5, 0.6) is 0 Å². The highest BCUT2D eigenvalue weighted by Crippen LogP contribution is 2.05. The molecule has 2 rings (SSSR count). The molecule has 1 fully saturated rings. The van der Waals surface area contributed by atoms with Crippen LogP contribution in [0.1, 0.15) is 22.0 Å². The van der Waals surface area contributed by atoms with Gasteiger partial charge in [-0.2, -0.15) is 0 Å². The fraction of sp³-hybridized carbons (Fsp3) is 0.545. The average molecular weight is 220 g/mol. The first-order chi connectivity index (χ1) is 7.66. The van der Waals surface area contributed by atoms with Crippen LogP contribution in [0.25, 0.3) is 0 Å². The van der Waals surface area contributed by atoms with Gasteiger partial charge in [-0.1, -0.05) is 0 Å². The smallest absolute Gasteiger partial charge is 0.272 e. The van der Waals surface area contributed by atoms with Gasteiger partial charge >= 0.3 is 0 Å². The van der Waals surface area contributed by atoms with Crippen LogP contribution in [0.4, 0.5) is 0 Å². The first-order valence-electron chi connectivity index (χ1n) is 5.49. The highest BCUT2D eigenvalue weighted by atomic mass is 16.2. The van der Waals surface area contributed by atoms with Gasteiger partial charge < -0.3 is 10.2 Å². The second-order valence-electron chi connectivity index (χ2n) is 3.98. The molecule has 0 radical (unpaired) electrons. The Hall–Kier alpha value is -1.49. The Balaban J connectivity index is 2.19. The highest BCUT2D eigenvalue weighted by Gasteiger charge is 2.19. The zero-order valence-electron chi connectivity index (χ0n) is 9.66. The van der Waals surface area contributed by atoms with Crippen LogP contribution in [0.15, 0.2) is 6.07 Å². The van der Waals surface area contributed by atoms with E-state index in [9.17, 15) is 4.79 Å². The summed E-state index contributed by atoms with van der Waals surface area (Å²) >= 11 is 0. The minimum Gasteiger partial charge on any atom is -0.335 e. The van der Waals surface area contributed by atoms with Gasteiger partial charge in [-0.3, -0.25) is 4.79 Å². The second kappa shape index (κ2) is 4.57. The number of carbonyl (C=O) groups is 1. The Morgan fingerprint density at radius 3 is 2.62 bits per heavy atom. The summed E-state index contributed by atoms with van der Waals surface area (Å²) in [5.74, 6) is 0.661. The zero-order chi connectivity index (χ0) is 11.5. The van der Waals surface area contributed by atoms with Gasteiger partial charge in [-0.15, -0.1) is 0 Å². The molecule has 0 spiro atoms. The van der Waals surface area contributed by atoms with Crippen LogP contribution in [0.2, 0.25) is 0 Å². The molecule has 1 aliphatic heterocycles. The number of carbonyl (C=O) groups excluding carboxylic acids is 1. The van der Waals surface area contributed by atoms with E-state index in [1.54, 1.807) is 6.07 Å². The molecule has 86 valence electrons. The predicted molar refractivity (Wildman–Crippen MR) is 60.3 cm³/mol. The Morgan fingerprint density at radius 1 is 1.31 bits per heavy atom. The van der Waals surface area contributed by atoms with Crippen LogP contribution >= 0.6 is 0 Å². The third-order valence-electron chi connectivity index (χ3n) is 2.59. The zero-order valence-corrected chi connectivity index (χ0v) is 9.66. The van der Waals surface area contributed by atoms with Crippen molar-refractivity contribution in [1.29, 1.82) is 0 Å². The molecule has 1 N–H and O–H groups in total. The minimum absolute atomic E-state index is 0.00935.